The average Bonchev–Trinajstić information content (AvgIpc) is 2.96. The Balaban J connectivity index is 1.42. The summed E-state index contributed by atoms with van der Waals surface area (Å²) in [6.07, 6.45) is 0. The van der Waals surface area contributed by atoms with E-state index in [0.29, 0.717) is 28.3 Å². The molecule has 0 spiro atoms. The summed E-state index contributed by atoms with van der Waals surface area (Å²) in [7, 11) is 2.02. The molecule has 0 amide bonds. The number of nitrogens with one attached hydrogen (secondary N) is 1. The highest BCUT2D eigenvalue weighted by atomic mass is 35.5. The Labute approximate surface area is 199 Å². The zero-order valence-electron chi connectivity index (χ0n) is 18.8. The first-order chi connectivity index (χ1) is 15.9. The molecule has 0 radical (unpaired) electrons. The van der Waals surface area contributed by atoms with Gasteiger partial charge in [-0.2, -0.15) is 4.59 Å². The van der Waals surface area contributed by atoms with E-state index in [1.54, 1.807) is 0 Å². The van der Waals surface area contributed by atoms with E-state index >= 15 is 0 Å². The Morgan fingerprint density at radius 1 is 1.03 bits per heavy atom. The van der Waals surface area contributed by atoms with Crippen LogP contribution in [0.15, 0.2) is 76.8 Å². The topological polar surface area (TPSA) is 63.1 Å². The molecular formula is C26H26ClN5O. The van der Waals surface area contributed by atoms with Gasteiger partial charge in [-0.1, -0.05) is 58.7 Å². The summed E-state index contributed by atoms with van der Waals surface area (Å²) < 4.78 is 0.360. The molecule has 2 heterocycles. The summed E-state index contributed by atoms with van der Waals surface area (Å²) in [5.41, 5.74) is 5.56. The average molecular weight is 460 g/mol. The summed E-state index contributed by atoms with van der Waals surface area (Å²) in [6.45, 7) is 4.92. The van der Waals surface area contributed by atoms with Gasteiger partial charge in [0.2, 0.25) is 0 Å². The number of hydrogen-bond acceptors (Lipinski definition) is 5. The van der Waals surface area contributed by atoms with Gasteiger partial charge in [0.15, 0.2) is 0 Å². The van der Waals surface area contributed by atoms with Crippen LogP contribution in [-0.4, -0.2) is 54.5 Å². The summed E-state index contributed by atoms with van der Waals surface area (Å²) >= 11 is 6.26. The summed E-state index contributed by atoms with van der Waals surface area (Å²) in [4.78, 5) is 7.30. The third-order valence-corrected chi connectivity index (χ3v) is 6.49. The number of piperazine rings is 1. The lowest BCUT2D eigenvalue weighted by molar-refractivity contribution is -0.920. The molecule has 2 aliphatic heterocycles. The molecule has 0 atom stereocenters. The predicted octanol–water partition coefficient (Wildman–Crippen LogP) is 4.27. The fourth-order valence-corrected chi connectivity index (χ4v) is 4.40. The second-order valence-corrected chi connectivity index (χ2v) is 9.25. The summed E-state index contributed by atoms with van der Waals surface area (Å²) in [5, 5.41) is 21.5. The molecule has 1 saturated heterocycles. The Morgan fingerprint density at radius 2 is 1.76 bits per heavy atom. The van der Waals surface area contributed by atoms with Crippen molar-refractivity contribution in [3.05, 3.63) is 88.4 Å². The number of fused-ring (bicyclic) bond motifs is 2. The number of para-hydroxylation sites is 1. The van der Waals surface area contributed by atoms with E-state index in [2.05, 4.69) is 27.5 Å². The number of benzene rings is 3. The van der Waals surface area contributed by atoms with Gasteiger partial charge in [-0.05, 0) is 42.8 Å². The molecule has 168 valence electrons. The van der Waals surface area contributed by atoms with Gasteiger partial charge in [0.25, 0.3) is 0 Å². The first-order valence-electron chi connectivity index (χ1n) is 11.1. The van der Waals surface area contributed by atoms with Gasteiger partial charge in [-0.15, -0.1) is 0 Å². The van der Waals surface area contributed by atoms with Crippen molar-refractivity contribution in [1.29, 1.82) is 0 Å². The fraction of sp³-hybridized carbons (Fsp3) is 0.231. The number of hydrogen-bond donors (Lipinski definition) is 1. The molecule has 33 heavy (non-hydrogen) atoms. The van der Waals surface area contributed by atoms with Crippen molar-refractivity contribution in [3.8, 4) is 0 Å². The Hall–Kier alpha value is -3.35. The third-order valence-electron chi connectivity index (χ3n) is 6.26. The van der Waals surface area contributed by atoms with Crippen LogP contribution in [-0.2, 0) is 0 Å². The molecule has 1 fully saturated rings. The fourth-order valence-electron chi connectivity index (χ4n) is 4.23. The van der Waals surface area contributed by atoms with E-state index < -0.39 is 0 Å². The molecule has 2 aliphatic rings. The number of quaternary nitrogens is 1. The smallest absolute Gasteiger partial charge is 0.139 e. The largest absolute Gasteiger partial charge is 0.855 e. The van der Waals surface area contributed by atoms with Crippen molar-refractivity contribution in [3.63, 3.8) is 0 Å². The number of aryl methyl sites for hydroxylation is 1. The maximum atomic E-state index is 12.8. The van der Waals surface area contributed by atoms with Crippen molar-refractivity contribution in [2.24, 2.45) is 10.1 Å². The molecule has 0 aromatic heterocycles. The van der Waals surface area contributed by atoms with Crippen LogP contribution in [0.1, 0.15) is 16.7 Å². The first kappa shape index (κ1) is 21.5. The van der Waals surface area contributed by atoms with Crippen LogP contribution < -0.4 is 10.4 Å². The van der Waals surface area contributed by atoms with Crippen LogP contribution in [0.5, 0.6) is 0 Å². The van der Waals surface area contributed by atoms with E-state index in [1.165, 1.54) is 0 Å². The van der Waals surface area contributed by atoms with Crippen LogP contribution in [0.4, 0.5) is 17.1 Å². The van der Waals surface area contributed by atoms with E-state index in [-0.39, 0.29) is 5.90 Å². The zero-order chi connectivity index (χ0) is 23.0. The van der Waals surface area contributed by atoms with Crippen molar-refractivity contribution >= 4 is 40.4 Å². The number of amidine groups is 1. The minimum Gasteiger partial charge on any atom is -0.855 e. The SMILES string of the molecule is Cc1ccc(/C([O-])=N/[N+]2(C)CCN(C3=Nc4cc(Cl)ccc4Nc4ccccc43)CC2)cc1. The maximum Gasteiger partial charge on any atom is 0.139 e. The Kier molecular flexibility index (Phi) is 5.56. The van der Waals surface area contributed by atoms with Gasteiger partial charge in [-0.25, -0.2) is 4.99 Å². The molecule has 3 aromatic rings. The highest BCUT2D eigenvalue weighted by Gasteiger charge is 2.32. The van der Waals surface area contributed by atoms with Crippen LogP contribution in [0, 0.1) is 6.92 Å². The number of nitrogens with zero attached hydrogens (tertiary/aromatic N) is 4. The van der Waals surface area contributed by atoms with Crippen molar-refractivity contribution < 1.29 is 9.70 Å². The molecule has 1 N–H and O–H groups in total. The second kappa shape index (κ2) is 8.54. The third kappa shape index (κ3) is 4.45. The monoisotopic (exact) mass is 459 g/mol. The highest BCUT2D eigenvalue weighted by molar-refractivity contribution is 6.31. The normalized spacial score (nSPS) is 17.4. The molecule has 0 bridgehead atoms. The van der Waals surface area contributed by atoms with Gasteiger partial charge in [0.05, 0.1) is 37.4 Å². The van der Waals surface area contributed by atoms with Crippen molar-refractivity contribution in [2.45, 2.75) is 6.92 Å². The molecule has 0 aliphatic carbocycles. The molecule has 7 heteroatoms. The van der Waals surface area contributed by atoms with E-state index in [0.717, 1.165) is 47.1 Å². The summed E-state index contributed by atoms with van der Waals surface area (Å²) in [6, 6.07) is 21.5. The van der Waals surface area contributed by atoms with Crippen LogP contribution >= 0.6 is 11.6 Å². The van der Waals surface area contributed by atoms with Crippen LogP contribution in [0.3, 0.4) is 0 Å². The van der Waals surface area contributed by atoms with E-state index in [9.17, 15) is 5.11 Å². The zero-order valence-corrected chi connectivity index (χ0v) is 19.5. The molecule has 5 rings (SSSR count). The number of halogens is 1. The van der Waals surface area contributed by atoms with Gasteiger partial charge in [0, 0.05) is 16.3 Å². The van der Waals surface area contributed by atoms with Crippen molar-refractivity contribution in [1.82, 2.24) is 4.90 Å². The lowest BCUT2D eigenvalue weighted by Crippen LogP contribution is -2.56. The van der Waals surface area contributed by atoms with E-state index in [1.807, 2.05) is 68.6 Å². The van der Waals surface area contributed by atoms with Crippen LogP contribution in [0.2, 0.25) is 5.02 Å². The van der Waals surface area contributed by atoms with Crippen LogP contribution in [0.25, 0.3) is 0 Å². The molecule has 3 aromatic carbocycles. The molecule has 0 unspecified atom stereocenters. The lowest BCUT2D eigenvalue weighted by atomic mass is 10.1. The Bertz CT molecular complexity index is 1240. The first-order valence-corrected chi connectivity index (χ1v) is 11.5. The number of rotatable bonds is 2. The summed E-state index contributed by atoms with van der Waals surface area (Å²) in [5.74, 6) is 0.742. The van der Waals surface area contributed by atoms with Gasteiger partial charge in [-0.3, -0.25) is 0 Å². The minimum atomic E-state index is -0.170. The molecule has 0 saturated carbocycles. The van der Waals surface area contributed by atoms with Gasteiger partial charge < -0.3 is 15.3 Å². The maximum absolute atomic E-state index is 12.8. The van der Waals surface area contributed by atoms with Gasteiger partial charge in [0.1, 0.15) is 18.9 Å². The quantitative estimate of drug-likeness (QED) is 0.353. The number of aliphatic imine (C=N–C) groups is 1. The van der Waals surface area contributed by atoms with Gasteiger partial charge >= 0.3 is 0 Å². The minimum absolute atomic E-state index is 0.170. The van der Waals surface area contributed by atoms with E-state index in [4.69, 9.17) is 16.6 Å². The highest BCUT2D eigenvalue weighted by Crippen LogP contribution is 2.36. The van der Waals surface area contributed by atoms with Crippen molar-refractivity contribution in [2.75, 3.05) is 38.5 Å². The number of anilines is 2. The predicted molar refractivity (Wildman–Crippen MR) is 133 cm³/mol. The number of likely N-dealkylation sites (N-methyl/N-ethyl adjacent to an activating group) is 1. The lowest BCUT2D eigenvalue weighted by Gasteiger charge is -2.39. The molecular weight excluding hydrogens is 434 g/mol. The second-order valence-electron chi connectivity index (χ2n) is 8.81. The Morgan fingerprint density at radius 3 is 2.52 bits per heavy atom. The molecule has 6 nitrogen and oxygen atoms in total. The standard InChI is InChI=1S/C26H26ClN5O/c1-18-7-9-19(10-8-18)26(33)30-32(2)15-13-31(14-16-32)25-21-5-3-4-6-22(21)28-23-12-11-20(27)17-24(23)29-25/h3-12,17H,13-16H2,1-2H3,(H-,28,29,30,33).